The molecule has 0 spiro atoms. The SMILES string of the molecule is c1ccc(-c2cc(-c3ccccc3)cc(-c3c4ccccc4c(-c4ccc(N(c5ccccn5)c5cc6ccccc6c6ccccc56)cc4)c4ccccc34)c2)cc1. The fraction of sp³-hybridized carbons (Fsp3) is 0. The number of fused-ring (bicyclic) bond motifs is 5. The first kappa shape index (κ1) is 34.4. The van der Waals surface area contributed by atoms with Crippen molar-refractivity contribution >= 4 is 60.3 Å². The van der Waals surface area contributed by atoms with Crippen molar-refractivity contribution in [2.75, 3.05) is 4.90 Å². The Balaban J connectivity index is 1.11. The van der Waals surface area contributed by atoms with E-state index in [0.29, 0.717) is 0 Å². The second-order valence-corrected chi connectivity index (χ2v) is 15.1. The van der Waals surface area contributed by atoms with Crippen LogP contribution in [0.4, 0.5) is 17.2 Å². The van der Waals surface area contributed by atoms with Gasteiger partial charge in [-0.05, 0) is 131 Å². The molecule has 11 aromatic rings. The van der Waals surface area contributed by atoms with Crippen molar-refractivity contribution in [1.29, 1.82) is 0 Å². The van der Waals surface area contributed by atoms with Crippen molar-refractivity contribution in [1.82, 2.24) is 4.98 Å². The molecule has 10 aromatic carbocycles. The van der Waals surface area contributed by atoms with E-state index in [4.69, 9.17) is 4.98 Å². The molecule has 2 heteroatoms. The molecule has 0 saturated carbocycles. The first-order valence-corrected chi connectivity index (χ1v) is 20.2. The highest BCUT2D eigenvalue weighted by Crippen LogP contribution is 2.47. The number of aromatic nitrogens is 1. The summed E-state index contributed by atoms with van der Waals surface area (Å²) in [4.78, 5) is 7.19. The summed E-state index contributed by atoms with van der Waals surface area (Å²) in [6.07, 6.45) is 1.87. The van der Waals surface area contributed by atoms with Crippen molar-refractivity contribution in [2.45, 2.75) is 0 Å². The Morgan fingerprint density at radius 1 is 0.288 bits per heavy atom. The minimum absolute atomic E-state index is 0.869. The zero-order valence-electron chi connectivity index (χ0n) is 32.3. The van der Waals surface area contributed by atoms with Gasteiger partial charge in [-0.1, -0.05) is 176 Å². The Labute approximate surface area is 343 Å². The van der Waals surface area contributed by atoms with Gasteiger partial charge in [-0.15, -0.1) is 0 Å². The lowest BCUT2D eigenvalue weighted by molar-refractivity contribution is 1.19. The lowest BCUT2D eigenvalue weighted by atomic mass is 9.84. The molecule has 11 rings (SSSR count). The van der Waals surface area contributed by atoms with Crippen LogP contribution in [0.1, 0.15) is 0 Å². The minimum Gasteiger partial charge on any atom is -0.294 e. The largest absolute Gasteiger partial charge is 0.294 e. The lowest BCUT2D eigenvalue weighted by Gasteiger charge is -2.27. The molecule has 0 unspecified atom stereocenters. The molecule has 276 valence electrons. The van der Waals surface area contributed by atoms with Crippen LogP contribution in [0.15, 0.2) is 231 Å². The van der Waals surface area contributed by atoms with Gasteiger partial charge in [0.1, 0.15) is 5.82 Å². The predicted molar refractivity (Wildman–Crippen MR) is 251 cm³/mol. The molecular formula is C57H38N2. The van der Waals surface area contributed by atoms with Crippen molar-refractivity contribution < 1.29 is 0 Å². The number of nitrogens with zero attached hydrogens (tertiary/aromatic N) is 2. The second-order valence-electron chi connectivity index (χ2n) is 15.1. The summed E-state index contributed by atoms with van der Waals surface area (Å²) in [5, 5.41) is 9.75. The third kappa shape index (κ3) is 6.10. The molecule has 1 heterocycles. The van der Waals surface area contributed by atoms with E-state index in [9.17, 15) is 0 Å². The van der Waals surface area contributed by atoms with Gasteiger partial charge in [0.05, 0.1) is 5.69 Å². The molecular weight excluding hydrogens is 713 g/mol. The smallest absolute Gasteiger partial charge is 0.137 e. The molecule has 0 aliphatic carbocycles. The number of hydrogen-bond acceptors (Lipinski definition) is 2. The summed E-state index contributed by atoms with van der Waals surface area (Å²) in [5.74, 6) is 0.869. The van der Waals surface area contributed by atoms with Gasteiger partial charge in [-0.25, -0.2) is 4.98 Å². The van der Waals surface area contributed by atoms with Crippen LogP contribution in [-0.4, -0.2) is 4.98 Å². The van der Waals surface area contributed by atoms with Crippen molar-refractivity contribution in [3.05, 3.63) is 231 Å². The summed E-state index contributed by atoms with van der Waals surface area (Å²) >= 11 is 0. The predicted octanol–water partition coefficient (Wildman–Crippen LogP) is 15.8. The lowest BCUT2D eigenvalue weighted by Crippen LogP contribution is -2.12. The number of pyridine rings is 1. The monoisotopic (exact) mass is 750 g/mol. The Morgan fingerprint density at radius 2 is 0.746 bits per heavy atom. The summed E-state index contributed by atoms with van der Waals surface area (Å²) in [6.45, 7) is 0. The normalized spacial score (nSPS) is 11.4. The zero-order chi connectivity index (χ0) is 39.1. The quantitative estimate of drug-likeness (QED) is 0.119. The molecule has 0 fully saturated rings. The van der Waals surface area contributed by atoms with E-state index in [0.717, 1.165) is 17.2 Å². The standard InChI is InChI=1S/C57H38N2/c1-3-17-39(18-4-1)43-35-44(40-19-5-2-6-20-40)37-45(36-43)57-52-27-13-11-25-50(52)56(51-26-12-14-28-53(51)57)41-30-32-46(33-31-41)59(55-29-15-16-34-58-55)54-38-42-21-7-8-22-47(42)48-23-9-10-24-49(48)54/h1-38H. The molecule has 59 heavy (non-hydrogen) atoms. The summed E-state index contributed by atoms with van der Waals surface area (Å²) in [5.41, 5.74) is 11.8. The molecule has 1 aromatic heterocycles. The highest BCUT2D eigenvalue weighted by molar-refractivity contribution is 6.22. The Hall–Kier alpha value is -7.81. The molecule has 0 saturated heterocycles. The van der Waals surface area contributed by atoms with Crippen LogP contribution in [0.3, 0.4) is 0 Å². The topological polar surface area (TPSA) is 16.1 Å². The highest BCUT2D eigenvalue weighted by Gasteiger charge is 2.21. The summed E-state index contributed by atoms with van der Waals surface area (Å²) in [6, 6.07) is 81.2. The maximum atomic E-state index is 4.90. The van der Waals surface area contributed by atoms with Crippen LogP contribution in [0.25, 0.3) is 87.6 Å². The number of anilines is 3. The van der Waals surface area contributed by atoms with Crippen molar-refractivity contribution in [3.63, 3.8) is 0 Å². The number of hydrogen-bond donors (Lipinski definition) is 0. The number of rotatable bonds is 7. The van der Waals surface area contributed by atoms with Crippen molar-refractivity contribution in [2.24, 2.45) is 0 Å². The van der Waals surface area contributed by atoms with Gasteiger partial charge in [0.15, 0.2) is 0 Å². The third-order valence-electron chi connectivity index (χ3n) is 11.6. The van der Waals surface area contributed by atoms with Crippen LogP contribution >= 0.6 is 0 Å². The first-order valence-electron chi connectivity index (χ1n) is 20.2. The highest BCUT2D eigenvalue weighted by atomic mass is 15.2. The van der Waals surface area contributed by atoms with E-state index >= 15 is 0 Å². The van der Waals surface area contributed by atoms with Gasteiger partial charge >= 0.3 is 0 Å². The van der Waals surface area contributed by atoms with E-state index in [1.807, 2.05) is 12.3 Å². The van der Waals surface area contributed by atoms with Crippen LogP contribution in [0.5, 0.6) is 0 Å². The van der Waals surface area contributed by atoms with E-state index in [1.54, 1.807) is 0 Å². The summed E-state index contributed by atoms with van der Waals surface area (Å²) in [7, 11) is 0. The van der Waals surface area contributed by atoms with E-state index in [2.05, 4.69) is 223 Å². The van der Waals surface area contributed by atoms with E-state index in [1.165, 1.54) is 87.6 Å². The van der Waals surface area contributed by atoms with Crippen molar-refractivity contribution in [3.8, 4) is 44.5 Å². The molecule has 0 atom stereocenters. The van der Waals surface area contributed by atoms with E-state index in [-0.39, 0.29) is 0 Å². The fourth-order valence-electron chi connectivity index (χ4n) is 8.99. The minimum atomic E-state index is 0.869. The Kier molecular flexibility index (Phi) is 8.52. The van der Waals surface area contributed by atoms with Crippen LogP contribution < -0.4 is 4.90 Å². The van der Waals surface area contributed by atoms with Gasteiger partial charge in [0, 0.05) is 17.3 Å². The molecule has 0 bridgehead atoms. The number of benzene rings is 10. The van der Waals surface area contributed by atoms with Crippen LogP contribution in [-0.2, 0) is 0 Å². The zero-order valence-corrected chi connectivity index (χ0v) is 32.3. The first-order chi connectivity index (χ1) is 29.3. The maximum Gasteiger partial charge on any atom is 0.137 e. The van der Waals surface area contributed by atoms with Gasteiger partial charge < -0.3 is 0 Å². The third-order valence-corrected chi connectivity index (χ3v) is 11.6. The van der Waals surface area contributed by atoms with Gasteiger partial charge in [-0.3, -0.25) is 4.90 Å². The average molecular weight is 751 g/mol. The van der Waals surface area contributed by atoms with Gasteiger partial charge in [0.25, 0.3) is 0 Å². The molecule has 0 radical (unpaired) electrons. The molecule has 0 aliphatic rings. The molecule has 0 aliphatic heterocycles. The Bertz CT molecular complexity index is 3190. The van der Waals surface area contributed by atoms with Gasteiger partial charge in [0.2, 0.25) is 0 Å². The Morgan fingerprint density at radius 3 is 1.31 bits per heavy atom. The van der Waals surface area contributed by atoms with Gasteiger partial charge in [-0.2, -0.15) is 0 Å². The molecule has 0 amide bonds. The summed E-state index contributed by atoms with van der Waals surface area (Å²) < 4.78 is 0. The molecule has 2 nitrogen and oxygen atoms in total. The maximum absolute atomic E-state index is 4.90. The average Bonchev–Trinajstić information content (AvgIpc) is 3.32. The fourth-order valence-corrected chi connectivity index (χ4v) is 8.99. The van der Waals surface area contributed by atoms with Crippen LogP contribution in [0.2, 0.25) is 0 Å². The van der Waals surface area contributed by atoms with Crippen LogP contribution in [0, 0.1) is 0 Å². The van der Waals surface area contributed by atoms with E-state index < -0.39 is 0 Å². The second kappa shape index (κ2) is 14.6. The molecule has 0 N–H and O–H groups in total.